The molecule has 0 unspecified atom stereocenters. The van der Waals surface area contributed by atoms with E-state index in [1.54, 1.807) is 0 Å². The Hall–Kier alpha value is -13.1. The van der Waals surface area contributed by atoms with Crippen molar-refractivity contribution in [1.29, 1.82) is 0 Å². The van der Waals surface area contributed by atoms with E-state index in [0.29, 0.717) is 0 Å². The average Bonchev–Trinajstić information content (AvgIpc) is 1.50. The van der Waals surface area contributed by atoms with Crippen LogP contribution in [0, 0.1) is 0 Å². The number of hydrogen-bond acceptors (Lipinski definition) is 0. The summed E-state index contributed by atoms with van der Waals surface area (Å²) in [5.74, 6) is 0. The van der Waals surface area contributed by atoms with Gasteiger partial charge in [-0.25, -0.2) is 0 Å². The minimum atomic E-state index is -0.462. The molecule has 18 aromatic rings. The van der Waals surface area contributed by atoms with Crippen LogP contribution in [-0.4, -0.2) is 13.7 Å². The summed E-state index contributed by atoms with van der Waals surface area (Å²) in [6.07, 6.45) is 4.74. The van der Waals surface area contributed by atoms with E-state index < -0.39 is 16.2 Å². The molecule has 0 N–H and O–H groups in total. The van der Waals surface area contributed by atoms with Crippen molar-refractivity contribution in [2.75, 3.05) is 0 Å². The summed E-state index contributed by atoms with van der Waals surface area (Å²) in [7, 11) is 0. The number of allylic oxidation sites excluding steroid dienone is 5. The molecule has 3 aliphatic carbocycles. The molecule has 0 spiro atoms. The summed E-state index contributed by atoms with van der Waals surface area (Å²) in [5, 5.41) is 7.38. The predicted molar refractivity (Wildman–Crippen MR) is 462 cm³/mol. The Kier molecular flexibility index (Phi) is 14.1. The van der Waals surface area contributed by atoms with Gasteiger partial charge in [0.25, 0.3) is 0 Å². The highest BCUT2D eigenvalue weighted by Gasteiger charge is 2.53. The van der Waals surface area contributed by atoms with Crippen molar-refractivity contribution >= 4 is 76.6 Å². The fraction of sp³-hybridized carbons (Fsp3) is 0.0943. The van der Waals surface area contributed by atoms with Crippen LogP contribution in [0.2, 0.25) is 0 Å². The lowest BCUT2D eigenvalue weighted by atomic mass is 9.70. The van der Waals surface area contributed by atoms with E-state index in [1.165, 1.54) is 199 Å². The average molecular weight is 1390 g/mol. The minimum Gasteiger partial charge on any atom is -0.309 e. The zero-order valence-corrected chi connectivity index (χ0v) is 62.4. The van der Waals surface area contributed by atoms with Crippen LogP contribution in [-0.2, 0) is 16.2 Å². The molecule has 109 heavy (non-hydrogen) atoms. The Labute approximate surface area is 636 Å². The van der Waals surface area contributed by atoms with Crippen molar-refractivity contribution in [3.8, 4) is 95.0 Å². The van der Waals surface area contributed by atoms with Crippen molar-refractivity contribution in [3.05, 3.63) is 391 Å². The fourth-order valence-electron chi connectivity index (χ4n) is 19.7. The number of para-hydroxylation sites is 3. The van der Waals surface area contributed by atoms with Gasteiger partial charge in [-0.15, -0.1) is 0 Å². The Balaban J connectivity index is 0.791. The molecule has 0 aliphatic heterocycles. The Morgan fingerprint density at radius 3 is 0.890 bits per heavy atom. The van der Waals surface area contributed by atoms with Crippen LogP contribution in [0.5, 0.6) is 0 Å². The first-order valence-electron chi connectivity index (χ1n) is 38.4. The molecule has 21 rings (SSSR count). The molecule has 0 saturated carbocycles. The fourth-order valence-corrected chi connectivity index (χ4v) is 19.7. The number of aromatic nitrogens is 3. The van der Waals surface area contributed by atoms with Crippen LogP contribution >= 0.6 is 0 Å². The van der Waals surface area contributed by atoms with E-state index >= 15 is 0 Å². The largest absolute Gasteiger partial charge is 0.309 e. The molecule has 518 valence electrons. The van der Waals surface area contributed by atoms with E-state index in [2.05, 4.69) is 402 Å². The van der Waals surface area contributed by atoms with Crippen molar-refractivity contribution in [2.24, 2.45) is 0 Å². The number of rotatable bonds is 11. The van der Waals surface area contributed by atoms with Gasteiger partial charge in [0.2, 0.25) is 0 Å². The molecule has 3 nitrogen and oxygen atoms in total. The predicted octanol–water partition coefficient (Wildman–Crippen LogP) is 28.3. The molecule has 0 atom stereocenters. The number of fused-ring (bicyclic) bond motifs is 19. The highest BCUT2D eigenvalue weighted by Crippen LogP contribution is 2.67. The summed E-state index contributed by atoms with van der Waals surface area (Å²) in [5.41, 5.74) is 39.8. The lowest BCUT2D eigenvalue weighted by molar-refractivity contribution is 0.629. The Morgan fingerprint density at radius 1 is 0.275 bits per heavy atom. The van der Waals surface area contributed by atoms with Gasteiger partial charge in [0.15, 0.2) is 0 Å². The quantitative estimate of drug-likeness (QED) is 0.123. The summed E-state index contributed by atoms with van der Waals surface area (Å²) < 4.78 is 7.31. The lowest BCUT2D eigenvalue weighted by Gasteiger charge is -2.32. The molecule has 15 aromatic carbocycles. The van der Waals surface area contributed by atoms with Gasteiger partial charge in [0.05, 0.1) is 33.1 Å². The van der Waals surface area contributed by atoms with Gasteiger partial charge in [0, 0.05) is 65.6 Å². The van der Waals surface area contributed by atoms with Gasteiger partial charge in [-0.1, -0.05) is 267 Å². The Bertz CT molecular complexity index is 6950. The Morgan fingerprint density at radius 2 is 0.550 bits per heavy atom. The number of hydrogen-bond donors (Lipinski definition) is 0. The number of nitrogens with zero attached hydrogens (tertiary/aromatic N) is 3. The minimum absolute atomic E-state index is 0.404. The molecule has 0 fully saturated rings. The molecule has 0 saturated heterocycles. The first kappa shape index (κ1) is 64.3. The first-order chi connectivity index (χ1) is 53.2. The topological polar surface area (TPSA) is 14.8 Å². The molecule has 0 radical (unpaired) electrons. The summed E-state index contributed by atoms with van der Waals surface area (Å²) in [6, 6.07) is 122. The van der Waals surface area contributed by atoms with Crippen molar-refractivity contribution < 1.29 is 0 Å². The van der Waals surface area contributed by atoms with Crippen LogP contribution in [0.3, 0.4) is 0 Å². The van der Waals surface area contributed by atoms with E-state index in [4.69, 9.17) is 6.58 Å². The second kappa shape index (κ2) is 24.0. The van der Waals surface area contributed by atoms with Crippen LogP contribution in [0.15, 0.2) is 352 Å². The highest BCUT2D eigenvalue weighted by atomic mass is 15.0. The maximum absolute atomic E-state index is 4.80. The van der Waals surface area contributed by atoms with Crippen LogP contribution in [0.25, 0.3) is 172 Å². The summed E-state index contributed by atoms with van der Waals surface area (Å²) in [4.78, 5) is 0. The van der Waals surface area contributed by atoms with Crippen molar-refractivity contribution in [1.82, 2.24) is 13.7 Å². The second-order valence-electron chi connectivity index (χ2n) is 32.0. The standard InChI is InChI=1S/C106H79N3/c1-9-89-86(56-65(2)69-42-50-92-80(57-69)81-58-70(66-28-16-10-17-29-66)43-51-93(81)107(92)77-34-22-13-23-35-77)98-101(104(89,3)4)99-87-63-73(75-46-54-96-84(61-75)82-59-71(67-30-18-11-19-31-67)44-52-94(82)108(96)78-36-24-14-25-37-78)40-48-90(87)106(7,8)103(99)100-88-64-74(41-49-91(88)105(5,6)102(98)100)76-47-55-97-85(62-76)83-60-72(68-32-20-12-21-33-68)45-53-95(83)109(97)79-38-26-15-27-39-79/h9-64H,1H2,2-8H3/b65-56+. The van der Waals surface area contributed by atoms with Gasteiger partial charge in [-0.3, -0.25) is 0 Å². The molecular formula is C106H79N3. The van der Waals surface area contributed by atoms with Crippen LogP contribution < -0.4 is 0 Å². The molecular weight excluding hydrogens is 1320 g/mol. The third-order valence-electron chi connectivity index (χ3n) is 24.9. The van der Waals surface area contributed by atoms with E-state index in [1.807, 2.05) is 0 Å². The van der Waals surface area contributed by atoms with Gasteiger partial charge < -0.3 is 13.7 Å². The van der Waals surface area contributed by atoms with Crippen LogP contribution in [0.1, 0.15) is 87.4 Å². The van der Waals surface area contributed by atoms with Gasteiger partial charge in [-0.05, 0) is 262 Å². The van der Waals surface area contributed by atoms with Gasteiger partial charge in [-0.2, -0.15) is 0 Å². The van der Waals surface area contributed by atoms with E-state index in [9.17, 15) is 0 Å². The lowest BCUT2D eigenvalue weighted by Crippen LogP contribution is -2.23. The molecule has 3 heteroatoms. The summed E-state index contributed by atoms with van der Waals surface area (Å²) >= 11 is 0. The van der Waals surface area contributed by atoms with Crippen molar-refractivity contribution in [2.45, 2.75) is 64.7 Å². The van der Waals surface area contributed by atoms with Gasteiger partial charge in [0.1, 0.15) is 0 Å². The maximum atomic E-state index is 4.80. The zero-order valence-electron chi connectivity index (χ0n) is 62.4. The molecule has 3 aliphatic rings. The zero-order chi connectivity index (χ0) is 73.3. The van der Waals surface area contributed by atoms with Crippen LogP contribution in [0.4, 0.5) is 0 Å². The third-order valence-corrected chi connectivity index (χ3v) is 24.9. The highest BCUT2D eigenvalue weighted by molar-refractivity contribution is 6.15. The molecule has 0 bridgehead atoms. The van der Waals surface area contributed by atoms with Gasteiger partial charge >= 0.3 is 0 Å². The van der Waals surface area contributed by atoms with E-state index in [-0.39, 0.29) is 0 Å². The van der Waals surface area contributed by atoms with E-state index in [0.717, 1.165) is 17.1 Å². The smallest absolute Gasteiger partial charge is 0.0541 e. The SMILES string of the molecule is C=CC1=C(/C=C(\C)c2ccc3c(c2)c2cc(-c4ccccc4)ccc2n3-c2ccccc2)c2c(c3c(c4c2C(C)(C)c2ccc(-c5ccc6c(c5)c5cc(-c7ccccc7)ccc5n6-c5ccccc5)cc2-4)C(C)(C)c2ccc(-c4ccc5c(c4)c4cc(-c6ccccc6)ccc4n5-c4ccccc4)cc2-3)C1(C)C. The monoisotopic (exact) mass is 1390 g/mol. The molecule has 3 heterocycles. The normalized spacial score (nSPS) is 14.5. The molecule has 3 aromatic heterocycles. The summed E-state index contributed by atoms with van der Waals surface area (Å²) in [6.45, 7) is 22.1. The third kappa shape index (κ3) is 9.55. The maximum Gasteiger partial charge on any atom is 0.0541 e. The second-order valence-corrected chi connectivity index (χ2v) is 32.0. The first-order valence-corrected chi connectivity index (χ1v) is 38.4. The van der Waals surface area contributed by atoms with Crippen molar-refractivity contribution in [3.63, 3.8) is 0 Å². The molecule has 0 amide bonds. The number of benzene rings is 15.